The van der Waals surface area contributed by atoms with Crippen LogP contribution in [0.25, 0.3) is 15.9 Å². The van der Waals surface area contributed by atoms with Crippen molar-refractivity contribution in [3.63, 3.8) is 0 Å². The topological polar surface area (TPSA) is 117 Å². The van der Waals surface area contributed by atoms with Crippen LogP contribution < -0.4 is 16.6 Å². The molecule has 1 N–H and O–H groups in total. The first kappa shape index (κ1) is 22.5. The largest absolute Gasteiger partial charge is 0.451 e. The third-order valence-electron chi connectivity index (χ3n) is 4.94. The van der Waals surface area contributed by atoms with E-state index in [1.165, 1.54) is 25.4 Å². The van der Waals surface area contributed by atoms with E-state index >= 15 is 0 Å². The Morgan fingerprint density at radius 3 is 2.52 bits per heavy atom. The minimum atomic E-state index is -0.684. The number of thiophene rings is 1. The lowest BCUT2D eigenvalue weighted by molar-refractivity contribution is -0.119. The van der Waals surface area contributed by atoms with Gasteiger partial charge in [-0.05, 0) is 37.3 Å². The summed E-state index contributed by atoms with van der Waals surface area (Å²) in [4.78, 5) is 49.6. The molecule has 0 aliphatic heterocycles. The standard InChI is InChI=1S/C21H18ClN5O5S/c1-11-14-8-15(33-19(14)27(24-11)13-6-4-12(22)5-7-13)20(30)32-10-17(28)23-16-9-18(29)26(3)21(31)25(16)2/h4-9H,10H2,1-3H3,(H,23,28). The molecule has 4 rings (SSSR count). The molecule has 0 atom stereocenters. The first-order valence-electron chi connectivity index (χ1n) is 9.65. The van der Waals surface area contributed by atoms with Crippen LogP contribution in [0, 0.1) is 6.92 Å². The van der Waals surface area contributed by atoms with Crippen LogP contribution in [0.3, 0.4) is 0 Å². The lowest BCUT2D eigenvalue weighted by atomic mass is 10.3. The van der Waals surface area contributed by atoms with Gasteiger partial charge >= 0.3 is 11.7 Å². The smallest absolute Gasteiger partial charge is 0.348 e. The number of nitrogens with zero attached hydrogens (tertiary/aromatic N) is 4. The van der Waals surface area contributed by atoms with Crippen LogP contribution in [0.2, 0.25) is 5.02 Å². The Balaban J connectivity index is 1.49. The maximum atomic E-state index is 12.5. The highest BCUT2D eigenvalue weighted by molar-refractivity contribution is 7.20. The number of halogens is 1. The first-order chi connectivity index (χ1) is 15.7. The molecular weight excluding hydrogens is 470 g/mol. The van der Waals surface area contributed by atoms with Crippen LogP contribution in [0.4, 0.5) is 5.82 Å². The molecule has 170 valence electrons. The van der Waals surface area contributed by atoms with Gasteiger partial charge in [-0.1, -0.05) is 11.6 Å². The summed E-state index contributed by atoms with van der Waals surface area (Å²) in [6.07, 6.45) is 0. The van der Waals surface area contributed by atoms with Gasteiger partial charge in [-0.3, -0.25) is 18.7 Å². The highest BCUT2D eigenvalue weighted by Crippen LogP contribution is 2.31. The minimum Gasteiger partial charge on any atom is -0.451 e. The summed E-state index contributed by atoms with van der Waals surface area (Å²) >= 11 is 7.14. The number of esters is 1. The molecule has 0 saturated heterocycles. The molecule has 4 aromatic rings. The van der Waals surface area contributed by atoms with E-state index in [9.17, 15) is 19.2 Å². The molecule has 0 saturated carbocycles. The first-order valence-corrected chi connectivity index (χ1v) is 10.8. The molecule has 0 bridgehead atoms. The number of carbonyl (C=O) groups is 2. The number of aryl methyl sites for hydroxylation is 1. The summed E-state index contributed by atoms with van der Waals surface area (Å²) in [6, 6.07) is 9.91. The van der Waals surface area contributed by atoms with Crippen LogP contribution in [0.1, 0.15) is 15.4 Å². The zero-order valence-electron chi connectivity index (χ0n) is 17.8. The van der Waals surface area contributed by atoms with Gasteiger partial charge in [0, 0.05) is 30.6 Å². The van der Waals surface area contributed by atoms with Crippen LogP contribution in [0.15, 0.2) is 46.0 Å². The van der Waals surface area contributed by atoms with Crippen LogP contribution in [-0.2, 0) is 23.6 Å². The van der Waals surface area contributed by atoms with Gasteiger partial charge in [-0.15, -0.1) is 11.3 Å². The average Bonchev–Trinajstić information content (AvgIpc) is 3.35. The van der Waals surface area contributed by atoms with Gasteiger partial charge in [-0.25, -0.2) is 14.3 Å². The second kappa shape index (κ2) is 8.68. The van der Waals surface area contributed by atoms with E-state index in [1.54, 1.807) is 22.9 Å². The molecule has 3 aromatic heterocycles. The quantitative estimate of drug-likeness (QED) is 0.431. The number of rotatable bonds is 5. The van der Waals surface area contributed by atoms with Gasteiger partial charge in [0.1, 0.15) is 15.5 Å². The maximum Gasteiger partial charge on any atom is 0.348 e. The van der Waals surface area contributed by atoms with Crippen molar-refractivity contribution in [2.24, 2.45) is 14.1 Å². The monoisotopic (exact) mass is 487 g/mol. The molecule has 10 nitrogen and oxygen atoms in total. The molecule has 0 aliphatic carbocycles. The van der Waals surface area contributed by atoms with Crippen molar-refractivity contribution in [2.75, 3.05) is 11.9 Å². The van der Waals surface area contributed by atoms with E-state index in [0.29, 0.717) is 9.90 Å². The van der Waals surface area contributed by atoms with Crippen LogP contribution in [-0.4, -0.2) is 37.4 Å². The summed E-state index contributed by atoms with van der Waals surface area (Å²) < 4.78 is 8.86. The number of hydrogen-bond acceptors (Lipinski definition) is 7. The molecule has 3 heterocycles. The van der Waals surface area contributed by atoms with Crippen molar-refractivity contribution in [1.29, 1.82) is 0 Å². The fourth-order valence-electron chi connectivity index (χ4n) is 3.14. The third-order valence-corrected chi connectivity index (χ3v) is 6.29. The molecule has 0 radical (unpaired) electrons. The number of benzene rings is 1. The fraction of sp³-hybridized carbons (Fsp3) is 0.190. The lowest BCUT2D eigenvalue weighted by Crippen LogP contribution is -2.38. The van der Waals surface area contributed by atoms with Crippen LogP contribution in [0.5, 0.6) is 0 Å². The number of aromatic nitrogens is 4. The maximum absolute atomic E-state index is 12.5. The Hall–Kier alpha value is -3.70. The number of carbonyl (C=O) groups excluding carboxylic acids is 2. The van der Waals surface area contributed by atoms with E-state index in [4.69, 9.17) is 16.3 Å². The van der Waals surface area contributed by atoms with E-state index in [0.717, 1.165) is 36.8 Å². The predicted octanol–water partition coefficient (Wildman–Crippen LogP) is 2.24. The lowest BCUT2D eigenvalue weighted by Gasteiger charge is -2.10. The molecule has 0 unspecified atom stereocenters. The minimum absolute atomic E-state index is 0.00434. The fourth-order valence-corrected chi connectivity index (χ4v) is 4.34. The normalized spacial score (nSPS) is 11.0. The molecule has 12 heteroatoms. The van der Waals surface area contributed by atoms with Gasteiger partial charge in [0.25, 0.3) is 11.5 Å². The molecule has 1 amide bonds. The number of amides is 1. The van der Waals surface area contributed by atoms with Crippen molar-refractivity contribution in [3.8, 4) is 5.69 Å². The number of hydrogen-bond donors (Lipinski definition) is 1. The molecule has 0 aliphatic rings. The third kappa shape index (κ3) is 4.32. The Kier molecular flexibility index (Phi) is 5.91. The van der Waals surface area contributed by atoms with E-state index in [1.807, 2.05) is 19.1 Å². The number of ether oxygens (including phenoxy) is 1. The van der Waals surface area contributed by atoms with Crippen molar-refractivity contribution in [3.05, 3.63) is 72.8 Å². The second-order valence-corrected chi connectivity index (χ2v) is 8.66. The highest BCUT2D eigenvalue weighted by atomic mass is 35.5. The Morgan fingerprint density at radius 2 is 1.82 bits per heavy atom. The average molecular weight is 488 g/mol. The molecule has 0 fully saturated rings. The van der Waals surface area contributed by atoms with E-state index < -0.39 is 29.7 Å². The summed E-state index contributed by atoms with van der Waals surface area (Å²) in [5.41, 5.74) is 0.365. The van der Waals surface area contributed by atoms with Crippen LogP contribution >= 0.6 is 22.9 Å². The molecule has 33 heavy (non-hydrogen) atoms. The zero-order valence-corrected chi connectivity index (χ0v) is 19.4. The Bertz CT molecular complexity index is 1510. The van der Waals surface area contributed by atoms with Crippen molar-refractivity contribution in [2.45, 2.75) is 6.92 Å². The Labute approximate surface area is 195 Å². The van der Waals surface area contributed by atoms with Gasteiger partial charge in [0.05, 0.1) is 11.4 Å². The summed E-state index contributed by atoms with van der Waals surface area (Å²) in [7, 11) is 2.74. The van der Waals surface area contributed by atoms with Gasteiger partial charge in [0.2, 0.25) is 0 Å². The zero-order chi connectivity index (χ0) is 23.9. The SMILES string of the molecule is Cc1nn(-c2ccc(Cl)cc2)c2sc(C(=O)OCC(=O)Nc3cc(=O)n(C)c(=O)n3C)cc12. The predicted molar refractivity (Wildman–Crippen MR) is 125 cm³/mol. The highest BCUT2D eigenvalue weighted by Gasteiger charge is 2.19. The number of anilines is 1. The van der Waals surface area contributed by atoms with Crippen molar-refractivity contribution < 1.29 is 14.3 Å². The van der Waals surface area contributed by atoms with Gasteiger partial charge in [-0.2, -0.15) is 5.10 Å². The van der Waals surface area contributed by atoms with Crippen molar-refractivity contribution in [1.82, 2.24) is 18.9 Å². The van der Waals surface area contributed by atoms with E-state index in [2.05, 4.69) is 10.4 Å². The second-order valence-electron chi connectivity index (χ2n) is 7.20. The van der Waals surface area contributed by atoms with Gasteiger partial charge < -0.3 is 10.1 Å². The number of nitrogens with one attached hydrogen (secondary N) is 1. The van der Waals surface area contributed by atoms with E-state index in [-0.39, 0.29) is 5.82 Å². The van der Waals surface area contributed by atoms with Crippen molar-refractivity contribution >= 4 is 50.8 Å². The summed E-state index contributed by atoms with van der Waals surface area (Å²) in [5.74, 6) is -1.35. The summed E-state index contributed by atoms with van der Waals surface area (Å²) in [5, 5.41) is 8.31. The number of fused-ring (bicyclic) bond motifs is 1. The van der Waals surface area contributed by atoms with Gasteiger partial charge in [0.15, 0.2) is 6.61 Å². The molecular formula is C21H18ClN5O5S. The summed E-state index contributed by atoms with van der Waals surface area (Å²) in [6.45, 7) is 1.25. The molecule has 0 spiro atoms. The Morgan fingerprint density at radius 1 is 1.12 bits per heavy atom. The molecule has 1 aromatic carbocycles.